The quantitative estimate of drug-likeness (QED) is 0.717. The maximum absolute atomic E-state index is 12.5. The number of methoxy groups -OCH3 is 1. The van der Waals surface area contributed by atoms with Gasteiger partial charge in [-0.05, 0) is 25.5 Å². The van der Waals surface area contributed by atoms with Gasteiger partial charge in [0.1, 0.15) is 5.38 Å². The highest BCUT2D eigenvalue weighted by atomic mass is 35.5. The summed E-state index contributed by atoms with van der Waals surface area (Å²) in [6, 6.07) is 9.55. The number of carbonyl (C=O) groups excluding carboxylic acids is 1. The summed E-state index contributed by atoms with van der Waals surface area (Å²) in [6.07, 6.45) is 1.57. The van der Waals surface area contributed by atoms with Crippen LogP contribution >= 0.6 is 11.6 Å². The van der Waals surface area contributed by atoms with Gasteiger partial charge in [0.25, 0.3) is 0 Å². The molecule has 3 nitrogen and oxygen atoms in total. The molecule has 0 spiro atoms. The first kappa shape index (κ1) is 16.0. The van der Waals surface area contributed by atoms with Crippen molar-refractivity contribution in [2.75, 3.05) is 18.6 Å². The van der Waals surface area contributed by atoms with Gasteiger partial charge in [-0.25, -0.2) is 0 Å². The topological polar surface area (TPSA) is 29.5 Å². The Morgan fingerprint density at radius 2 is 2.00 bits per heavy atom. The summed E-state index contributed by atoms with van der Waals surface area (Å²) in [5.74, 6) is -0.0562. The Morgan fingerprint density at radius 3 is 2.53 bits per heavy atom. The lowest BCUT2D eigenvalue weighted by Gasteiger charge is -2.30. The molecule has 2 unspecified atom stereocenters. The van der Waals surface area contributed by atoms with Crippen LogP contribution in [0.25, 0.3) is 0 Å². The second-order valence-corrected chi connectivity index (χ2v) is 5.13. The zero-order valence-corrected chi connectivity index (χ0v) is 12.6. The van der Waals surface area contributed by atoms with Crippen LogP contribution in [0.15, 0.2) is 30.3 Å². The third-order valence-electron chi connectivity index (χ3n) is 2.93. The molecule has 2 atom stereocenters. The summed E-state index contributed by atoms with van der Waals surface area (Å²) in [6.45, 7) is 4.47. The molecule has 1 rings (SSSR count). The maximum atomic E-state index is 12.5. The summed E-state index contributed by atoms with van der Waals surface area (Å²) in [5, 5.41) is -0.482. The highest BCUT2D eigenvalue weighted by Gasteiger charge is 2.27. The number of nitrogens with zero attached hydrogens (tertiary/aromatic N) is 1. The molecule has 1 amide bonds. The van der Waals surface area contributed by atoms with E-state index >= 15 is 0 Å². The second-order valence-electron chi connectivity index (χ2n) is 4.60. The van der Waals surface area contributed by atoms with E-state index in [1.165, 1.54) is 0 Å². The largest absolute Gasteiger partial charge is 0.383 e. The Labute approximate surface area is 120 Å². The molecule has 4 heteroatoms. The Balaban J connectivity index is 2.96. The van der Waals surface area contributed by atoms with Gasteiger partial charge in [-0.1, -0.05) is 31.5 Å². The van der Waals surface area contributed by atoms with Crippen LogP contribution in [0, 0.1) is 0 Å². The van der Waals surface area contributed by atoms with Crippen LogP contribution < -0.4 is 4.90 Å². The van der Waals surface area contributed by atoms with Gasteiger partial charge in [-0.15, -0.1) is 11.6 Å². The number of rotatable bonds is 7. The van der Waals surface area contributed by atoms with Crippen molar-refractivity contribution in [2.24, 2.45) is 0 Å². The fourth-order valence-corrected chi connectivity index (χ4v) is 2.35. The average molecular weight is 284 g/mol. The molecule has 0 aliphatic heterocycles. The van der Waals surface area contributed by atoms with Gasteiger partial charge in [0.05, 0.1) is 12.6 Å². The number of amides is 1. The van der Waals surface area contributed by atoms with Crippen molar-refractivity contribution >= 4 is 23.2 Å². The Hall–Kier alpha value is -1.06. The molecule has 1 aromatic rings. The highest BCUT2D eigenvalue weighted by molar-refractivity contribution is 6.32. The third kappa shape index (κ3) is 4.51. The lowest BCUT2D eigenvalue weighted by Crippen LogP contribution is -2.45. The van der Waals surface area contributed by atoms with Crippen molar-refractivity contribution in [1.82, 2.24) is 0 Å². The van der Waals surface area contributed by atoms with E-state index in [-0.39, 0.29) is 11.9 Å². The van der Waals surface area contributed by atoms with E-state index in [1.54, 1.807) is 12.0 Å². The molecule has 0 aromatic heterocycles. The lowest BCUT2D eigenvalue weighted by molar-refractivity contribution is -0.119. The Morgan fingerprint density at radius 1 is 1.37 bits per heavy atom. The molecular weight excluding hydrogens is 262 g/mol. The molecule has 1 aromatic carbocycles. The van der Waals surface area contributed by atoms with Crippen LogP contribution in [0.2, 0.25) is 0 Å². The highest BCUT2D eigenvalue weighted by Crippen LogP contribution is 2.21. The molecule has 0 N–H and O–H groups in total. The zero-order chi connectivity index (χ0) is 14.3. The third-order valence-corrected chi connectivity index (χ3v) is 3.34. The van der Waals surface area contributed by atoms with E-state index in [0.717, 1.165) is 12.1 Å². The normalized spacial score (nSPS) is 13.9. The number of hydrogen-bond donors (Lipinski definition) is 0. The Bertz CT molecular complexity index is 383. The standard InChI is InChI=1S/C15H22ClNO2/c1-4-8-14(16)15(18)17(12(2)11-19-3)13-9-6-5-7-10-13/h5-7,9-10,12,14H,4,8,11H2,1-3H3. The van der Waals surface area contributed by atoms with E-state index in [4.69, 9.17) is 16.3 Å². The van der Waals surface area contributed by atoms with Crippen LogP contribution in [0.1, 0.15) is 26.7 Å². The number of halogens is 1. The van der Waals surface area contributed by atoms with Gasteiger partial charge in [-0.2, -0.15) is 0 Å². The van der Waals surface area contributed by atoms with E-state index in [2.05, 4.69) is 0 Å². The van der Waals surface area contributed by atoms with Crippen LogP contribution in [0.4, 0.5) is 5.69 Å². The van der Waals surface area contributed by atoms with Crippen LogP contribution in [-0.2, 0) is 9.53 Å². The van der Waals surface area contributed by atoms with Crippen molar-refractivity contribution in [2.45, 2.75) is 38.1 Å². The van der Waals surface area contributed by atoms with Crippen molar-refractivity contribution in [1.29, 1.82) is 0 Å². The Kier molecular flexibility index (Phi) is 6.89. The molecule has 0 aliphatic carbocycles. The molecule has 19 heavy (non-hydrogen) atoms. The number of para-hydroxylation sites is 1. The summed E-state index contributed by atoms with van der Waals surface area (Å²) in [4.78, 5) is 14.2. The predicted molar refractivity (Wildman–Crippen MR) is 79.8 cm³/mol. The fraction of sp³-hybridized carbons (Fsp3) is 0.533. The number of ether oxygens (including phenoxy) is 1. The summed E-state index contributed by atoms with van der Waals surface area (Å²) < 4.78 is 5.16. The molecule has 0 heterocycles. The minimum absolute atomic E-state index is 0.0435. The van der Waals surface area contributed by atoms with E-state index in [1.807, 2.05) is 44.2 Å². The fourth-order valence-electron chi connectivity index (χ4n) is 2.03. The van der Waals surface area contributed by atoms with Gasteiger partial charge in [0.15, 0.2) is 0 Å². The van der Waals surface area contributed by atoms with Crippen LogP contribution in [0.5, 0.6) is 0 Å². The molecule has 0 bridgehead atoms. The first-order valence-electron chi connectivity index (χ1n) is 6.62. The average Bonchev–Trinajstić information content (AvgIpc) is 2.40. The van der Waals surface area contributed by atoms with Crippen LogP contribution in [0.3, 0.4) is 0 Å². The second kappa shape index (κ2) is 8.18. The van der Waals surface area contributed by atoms with Crippen molar-refractivity contribution < 1.29 is 9.53 Å². The van der Waals surface area contributed by atoms with Crippen molar-refractivity contribution in [3.05, 3.63) is 30.3 Å². The SMILES string of the molecule is CCCC(Cl)C(=O)N(c1ccccc1)C(C)COC. The molecule has 0 radical (unpaired) electrons. The van der Waals surface area contributed by atoms with Gasteiger partial charge in [0, 0.05) is 12.8 Å². The van der Waals surface area contributed by atoms with Crippen molar-refractivity contribution in [3.8, 4) is 0 Å². The van der Waals surface area contributed by atoms with Gasteiger partial charge in [-0.3, -0.25) is 4.79 Å². The lowest BCUT2D eigenvalue weighted by atomic mass is 10.1. The molecular formula is C15H22ClNO2. The van der Waals surface area contributed by atoms with E-state index in [9.17, 15) is 4.79 Å². The van der Waals surface area contributed by atoms with E-state index in [0.29, 0.717) is 13.0 Å². The minimum Gasteiger partial charge on any atom is -0.383 e. The summed E-state index contributed by atoms with van der Waals surface area (Å²) in [7, 11) is 1.63. The van der Waals surface area contributed by atoms with Gasteiger partial charge >= 0.3 is 0 Å². The molecule has 0 saturated carbocycles. The first-order chi connectivity index (χ1) is 9.11. The summed E-state index contributed by atoms with van der Waals surface area (Å²) >= 11 is 6.19. The maximum Gasteiger partial charge on any atom is 0.245 e. The number of carbonyl (C=O) groups is 1. The summed E-state index contributed by atoms with van der Waals surface area (Å²) in [5.41, 5.74) is 0.860. The van der Waals surface area contributed by atoms with E-state index < -0.39 is 5.38 Å². The molecule has 0 aliphatic rings. The smallest absolute Gasteiger partial charge is 0.245 e. The van der Waals surface area contributed by atoms with Gasteiger partial charge in [0.2, 0.25) is 5.91 Å². The molecule has 106 valence electrons. The number of anilines is 1. The number of benzene rings is 1. The molecule has 0 saturated heterocycles. The predicted octanol–water partition coefficient (Wildman–Crippen LogP) is 3.46. The van der Waals surface area contributed by atoms with Crippen LogP contribution in [-0.4, -0.2) is 31.0 Å². The molecule has 0 fully saturated rings. The monoisotopic (exact) mass is 283 g/mol. The zero-order valence-electron chi connectivity index (χ0n) is 11.8. The van der Waals surface area contributed by atoms with Gasteiger partial charge < -0.3 is 9.64 Å². The minimum atomic E-state index is -0.482. The number of hydrogen-bond acceptors (Lipinski definition) is 2. The first-order valence-corrected chi connectivity index (χ1v) is 7.06. The number of alkyl halides is 1. The van der Waals surface area contributed by atoms with Crippen molar-refractivity contribution in [3.63, 3.8) is 0 Å².